The number of hydrogen-bond acceptors (Lipinski definition) is 7. The van der Waals surface area contributed by atoms with Gasteiger partial charge in [0, 0.05) is 20.5 Å². The largest absolute Gasteiger partial charge is 0.463 e. The molecule has 2 bridgehead atoms. The maximum atomic E-state index is 11.6. The van der Waals surface area contributed by atoms with E-state index in [-0.39, 0.29) is 25.4 Å². The van der Waals surface area contributed by atoms with E-state index in [1.54, 1.807) is 0 Å². The van der Waals surface area contributed by atoms with E-state index < -0.39 is 30.0 Å². The van der Waals surface area contributed by atoms with Crippen molar-refractivity contribution in [3.63, 3.8) is 0 Å². The molecule has 0 saturated carbocycles. The van der Waals surface area contributed by atoms with E-state index in [9.17, 15) is 9.59 Å². The summed E-state index contributed by atoms with van der Waals surface area (Å²) in [7, 11) is 0. The second-order valence-corrected chi connectivity index (χ2v) is 6.16. The van der Waals surface area contributed by atoms with Gasteiger partial charge in [0.25, 0.3) is 0 Å². The lowest BCUT2D eigenvalue weighted by Gasteiger charge is -2.33. The maximum absolute atomic E-state index is 11.6. The molecular formula is C15H23NO7. The Balaban J connectivity index is 1.71. The van der Waals surface area contributed by atoms with E-state index >= 15 is 0 Å². The molecule has 3 aliphatic heterocycles. The van der Waals surface area contributed by atoms with Crippen molar-refractivity contribution in [1.82, 2.24) is 5.32 Å². The van der Waals surface area contributed by atoms with Gasteiger partial charge in [-0.2, -0.15) is 0 Å². The highest BCUT2D eigenvalue weighted by Crippen LogP contribution is 2.41. The minimum atomic E-state index is -1.05. The van der Waals surface area contributed by atoms with Crippen LogP contribution < -0.4 is 5.32 Å². The molecule has 2 unspecified atom stereocenters. The van der Waals surface area contributed by atoms with Crippen LogP contribution in [0.2, 0.25) is 0 Å². The number of carbonyl (C=O) groups is 2. The number of amides is 1. The number of ether oxygens (including phenoxy) is 5. The number of esters is 1. The molecule has 0 radical (unpaired) electrons. The van der Waals surface area contributed by atoms with Crippen molar-refractivity contribution >= 4 is 11.9 Å². The van der Waals surface area contributed by atoms with Crippen molar-refractivity contribution in [3.05, 3.63) is 0 Å². The van der Waals surface area contributed by atoms with Crippen molar-refractivity contribution in [3.8, 4) is 0 Å². The standard InChI is InChI=1S/C15H23NO7/c1-9(17)16-15-8-21-13(11(23-15)7-20-10(2)18)14(15)22-12-5-3-4-6-19-12/h11-14H,3-8H2,1-2H3,(H,16,17)/t11-,12?,13-,14-,15?/m1/s1. The molecule has 3 heterocycles. The van der Waals surface area contributed by atoms with Gasteiger partial charge in [0.05, 0.1) is 6.61 Å². The third-order valence-electron chi connectivity index (χ3n) is 4.25. The summed E-state index contributed by atoms with van der Waals surface area (Å²) in [6.45, 7) is 3.67. The van der Waals surface area contributed by atoms with Crippen molar-refractivity contribution in [2.45, 2.75) is 63.4 Å². The first kappa shape index (κ1) is 16.6. The van der Waals surface area contributed by atoms with Gasteiger partial charge >= 0.3 is 5.97 Å². The molecule has 3 fully saturated rings. The summed E-state index contributed by atoms with van der Waals surface area (Å²) in [6.07, 6.45) is 1.14. The Hall–Kier alpha value is -1.22. The summed E-state index contributed by atoms with van der Waals surface area (Å²) in [6, 6.07) is 0. The Morgan fingerprint density at radius 2 is 2.09 bits per heavy atom. The van der Waals surface area contributed by atoms with E-state index in [0.717, 1.165) is 19.3 Å². The highest BCUT2D eigenvalue weighted by Gasteiger charge is 2.63. The highest BCUT2D eigenvalue weighted by atomic mass is 16.7. The van der Waals surface area contributed by atoms with E-state index in [2.05, 4.69) is 5.32 Å². The Labute approximate surface area is 134 Å². The number of nitrogens with one attached hydrogen (secondary N) is 1. The summed E-state index contributed by atoms with van der Waals surface area (Å²) in [5, 5.41) is 2.80. The minimum absolute atomic E-state index is 0.0622. The maximum Gasteiger partial charge on any atom is 0.302 e. The molecule has 0 spiro atoms. The Bertz CT molecular complexity index is 465. The predicted octanol–water partition coefficient (Wildman–Crippen LogP) is 0.0913. The average Bonchev–Trinajstić information content (AvgIpc) is 2.96. The normalized spacial score (nSPS) is 39.2. The molecular weight excluding hydrogens is 306 g/mol. The van der Waals surface area contributed by atoms with Gasteiger partial charge in [-0.1, -0.05) is 0 Å². The molecule has 0 aromatic rings. The molecule has 5 atom stereocenters. The van der Waals surface area contributed by atoms with Gasteiger partial charge in [0.2, 0.25) is 5.91 Å². The fourth-order valence-corrected chi connectivity index (χ4v) is 3.33. The average molecular weight is 329 g/mol. The molecule has 0 aliphatic carbocycles. The zero-order valence-electron chi connectivity index (χ0n) is 13.4. The molecule has 8 heteroatoms. The van der Waals surface area contributed by atoms with Crippen LogP contribution in [0.5, 0.6) is 0 Å². The van der Waals surface area contributed by atoms with Crippen molar-refractivity contribution in [2.75, 3.05) is 19.8 Å². The van der Waals surface area contributed by atoms with Gasteiger partial charge in [0.15, 0.2) is 12.0 Å². The number of hydrogen-bond donors (Lipinski definition) is 1. The summed E-state index contributed by atoms with van der Waals surface area (Å²) in [4.78, 5) is 22.6. The van der Waals surface area contributed by atoms with Gasteiger partial charge in [-0.3, -0.25) is 9.59 Å². The summed E-state index contributed by atoms with van der Waals surface area (Å²) < 4.78 is 28.4. The van der Waals surface area contributed by atoms with Crippen LogP contribution in [-0.2, 0) is 33.3 Å². The second kappa shape index (κ2) is 6.72. The van der Waals surface area contributed by atoms with Crippen LogP contribution in [0.4, 0.5) is 0 Å². The Kier molecular flexibility index (Phi) is 4.86. The van der Waals surface area contributed by atoms with Gasteiger partial charge < -0.3 is 29.0 Å². The van der Waals surface area contributed by atoms with Crippen LogP contribution in [0.15, 0.2) is 0 Å². The lowest BCUT2D eigenvalue weighted by atomic mass is 10.1. The zero-order valence-corrected chi connectivity index (χ0v) is 13.4. The van der Waals surface area contributed by atoms with Gasteiger partial charge in [-0.05, 0) is 19.3 Å². The first-order valence-corrected chi connectivity index (χ1v) is 7.99. The second-order valence-electron chi connectivity index (χ2n) is 6.16. The summed E-state index contributed by atoms with van der Waals surface area (Å²) >= 11 is 0. The molecule has 1 N–H and O–H groups in total. The molecule has 3 saturated heterocycles. The fourth-order valence-electron chi connectivity index (χ4n) is 3.33. The third kappa shape index (κ3) is 3.50. The Morgan fingerprint density at radius 1 is 1.26 bits per heavy atom. The molecule has 0 aromatic carbocycles. The molecule has 3 rings (SSSR count). The molecule has 0 aromatic heterocycles. The first-order valence-electron chi connectivity index (χ1n) is 7.99. The number of carbonyl (C=O) groups excluding carboxylic acids is 2. The highest BCUT2D eigenvalue weighted by molar-refractivity contribution is 5.74. The number of fused-ring (bicyclic) bond motifs is 2. The van der Waals surface area contributed by atoms with Gasteiger partial charge in [-0.25, -0.2) is 0 Å². The monoisotopic (exact) mass is 329 g/mol. The van der Waals surface area contributed by atoms with Crippen molar-refractivity contribution in [2.24, 2.45) is 0 Å². The Morgan fingerprint density at radius 3 is 2.74 bits per heavy atom. The SMILES string of the molecule is CC(=O)NC12CO[C@@H]([C@H]1OC1CCCCO1)[C@@H](COC(C)=O)O2. The van der Waals surface area contributed by atoms with Crippen LogP contribution >= 0.6 is 0 Å². The van der Waals surface area contributed by atoms with Crippen LogP contribution in [0.1, 0.15) is 33.1 Å². The van der Waals surface area contributed by atoms with E-state index in [0.29, 0.717) is 6.61 Å². The summed E-state index contributed by atoms with van der Waals surface area (Å²) in [5.41, 5.74) is -1.05. The lowest BCUT2D eigenvalue weighted by molar-refractivity contribution is -0.216. The van der Waals surface area contributed by atoms with E-state index in [1.165, 1.54) is 13.8 Å². The quantitative estimate of drug-likeness (QED) is 0.715. The zero-order chi connectivity index (χ0) is 16.4. The molecule has 1 amide bonds. The predicted molar refractivity (Wildman–Crippen MR) is 76.3 cm³/mol. The van der Waals surface area contributed by atoms with Gasteiger partial charge in [0.1, 0.15) is 24.9 Å². The number of rotatable bonds is 5. The molecule has 3 aliphatic rings. The minimum Gasteiger partial charge on any atom is -0.463 e. The van der Waals surface area contributed by atoms with Crippen molar-refractivity contribution < 1.29 is 33.3 Å². The third-order valence-corrected chi connectivity index (χ3v) is 4.25. The lowest BCUT2D eigenvalue weighted by Crippen LogP contribution is -2.57. The van der Waals surface area contributed by atoms with Crippen LogP contribution in [0.25, 0.3) is 0 Å². The molecule has 8 nitrogen and oxygen atoms in total. The van der Waals surface area contributed by atoms with Crippen LogP contribution in [0, 0.1) is 0 Å². The smallest absolute Gasteiger partial charge is 0.302 e. The van der Waals surface area contributed by atoms with Gasteiger partial charge in [-0.15, -0.1) is 0 Å². The molecule has 23 heavy (non-hydrogen) atoms. The van der Waals surface area contributed by atoms with E-state index in [4.69, 9.17) is 23.7 Å². The topological polar surface area (TPSA) is 92.3 Å². The first-order chi connectivity index (χ1) is 11.0. The van der Waals surface area contributed by atoms with E-state index in [1.807, 2.05) is 0 Å². The fraction of sp³-hybridized carbons (Fsp3) is 0.867. The van der Waals surface area contributed by atoms with Crippen LogP contribution in [0.3, 0.4) is 0 Å². The van der Waals surface area contributed by atoms with Crippen LogP contribution in [-0.4, -0.2) is 62.0 Å². The van der Waals surface area contributed by atoms with Crippen molar-refractivity contribution in [1.29, 1.82) is 0 Å². The summed E-state index contributed by atoms with van der Waals surface area (Å²) in [5.74, 6) is -0.626. The molecule has 130 valence electrons.